The molecule has 136 valence electrons. The summed E-state index contributed by atoms with van der Waals surface area (Å²) in [4.78, 5) is 11.3. The summed E-state index contributed by atoms with van der Waals surface area (Å²) in [5.41, 5.74) is 2.84. The van der Waals surface area contributed by atoms with Crippen LogP contribution in [0.15, 0.2) is 11.3 Å². The number of carboxylic acids is 1. The normalized spacial score (nSPS) is 12.6. The molecule has 0 amide bonds. The molecule has 0 saturated heterocycles. The summed E-state index contributed by atoms with van der Waals surface area (Å²) in [6.07, 6.45) is 12.9. The molecule has 0 unspecified atom stereocenters. The van der Waals surface area contributed by atoms with Gasteiger partial charge in [-0.1, -0.05) is 109 Å². The minimum atomic E-state index is -1.57. The van der Waals surface area contributed by atoms with Crippen molar-refractivity contribution in [1.82, 2.24) is 0 Å². The van der Waals surface area contributed by atoms with Gasteiger partial charge < -0.3 is 5.11 Å². The molecule has 0 radical (unpaired) electrons. The van der Waals surface area contributed by atoms with Gasteiger partial charge in [0.05, 0.1) is 8.07 Å². The monoisotopic (exact) mass is 340 g/mol. The van der Waals surface area contributed by atoms with Crippen LogP contribution in [0.2, 0.25) is 18.1 Å². The van der Waals surface area contributed by atoms with Crippen molar-refractivity contribution >= 4 is 14.0 Å². The van der Waals surface area contributed by atoms with Crippen molar-refractivity contribution in [2.24, 2.45) is 0 Å². The van der Waals surface area contributed by atoms with Gasteiger partial charge in [-0.15, -0.1) is 0 Å². The molecule has 0 bridgehead atoms. The van der Waals surface area contributed by atoms with Crippen LogP contribution in [-0.2, 0) is 4.79 Å². The molecule has 0 heterocycles. The quantitative estimate of drug-likeness (QED) is 0.199. The zero-order chi connectivity index (χ0) is 17.6. The van der Waals surface area contributed by atoms with E-state index in [2.05, 4.69) is 26.5 Å². The predicted octanol–water partition coefficient (Wildman–Crippen LogP) is 6.97. The molecule has 0 aliphatic carbocycles. The van der Waals surface area contributed by atoms with Gasteiger partial charge in [0.1, 0.15) is 0 Å². The lowest BCUT2D eigenvalue weighted by atomic mass is 10.1. The minimum absolute atomic E-state index is 0.592. The van der Waals surface area contributed by atoms with Crippen molar-refractivity contribution in [2.75, 3.05) is 0 Å². The van der Waals surface area contributed by atoms with Crippen molar-refractivity contribution in [1.29, 1.82) is 0 Å². The summed E-state index contributed by atoms with van der Waals surface area (Å²) in [6, 6.07) is 3.86. The maximum absolute atomic E-state index is 11.3. The smallest absolute Gasteiger partial charge is 0.330 e. The molecule has 0 aromatic carbocycles. The van der Waals surface area contributed by atoms with Crippen LogP contribution in [0.5, 0.6) is 0 Å². The van der Waals surface area contributed by atoms with Crippen molar-refractivity contribution in [2.45, 2.75) is 110 Å². The third-order valence-corrected chi connectivity index (χ3v) is 10.0. The molecule has 0 saturated carbocycles. The maximum Gasteiger partial charge on any atom is 0.330 e. The standard InChI is InChI=1S/C20H40O2Si/c1-5-8-11-12-13-14-17-23(15-9-6-2,16-10-7-3)18-19(4)20(21)22/h18H,5-17H2,1-4H3,(H,21,22). The molecule has 0 fully saturated rings. The van der Waals surface area contributed by atoms with Crippen LogP contribution in [0.25, 0.3) is 0 Å². The van der Waals surface area contributed by atoms with E-state index in [4.69, 9.17) is 0 Å². The Morgan fingerprint density at radius 1 is 0.783 bits per heavy atom. The topological polar surface area (TPSA) is 37.3 Å². The highest BCUT2D eigenvalue weighted by Gasteiger charge is 2.29. The van der Waals surface area contributed by atoms with E-state index in [1.807, 2.05) is 0 Å². The molecular weight excluding hydrogens is 300 g/mol. The average Bonchev–Trinajstić information content (AvgIpc) is 2.53. The molecule has 0 aliphatic heterocycles. The van der Waals surface area contributed by atoms with E-state index in [0.29, 0.717) is 5.57 Å². The Morgan fingerprint density at radius 3 is 1.70 bits per heavy atom. The Labute approximate surface area is 145 Å². The second-order valence-corrected chi connectivity index (χ2v) is 11.7. The van der Waals surface area contributed by atoms with Crippen LogP contribution in [0.4, 0.5) is 0 Å². The third kappa shape index (κ3) is 10.8. The van der Waals surface area contributed by atoms with Crippen LogP contribution in [0, 0.1) is 0 Å². The summed E-state index contributed by atoms with van der Waals surface area (Å²) >= 11 is 0. The first-order valence-corrected chi connectivity index (χ1v) is 12.6. The first-order chi connectivity index (χ1) is 11.0. The van der Waals surface area contributed by atoms with Gasteiger partial charge in [0.25, 0.3) is 0 Å². The van der Waals surface area contributed by atoms with E-state index in [1.54, 1.807) is 6.92 Å². The second-order valence-electron chi connectivity index (χ2n) is 7.22. The number of carboxylic acid groups (broad SMARTS) is 1. The van der Waals surface area contributed by atoms with Crippen LogP contribution < -0.4 is 0 Å². The largest absolute Gasteiger partial charge is 0.478 e. The molecule has 23 heavy (non-hydrogen) atoms. The van der Waals surface area contributed by atoms with Gasteiger partial charge in [0.15, 0.2) is 0 Å². The van der Waals surface area contributed by atoms with Crippen molar-refractivity contribution in [3.63, 3.8) is 0 Å². The Bertz CT molecular complexity index is 329. The first-order valence-electron chi connectivity index (χ1n) is 9.94. The predicted molar refractivity (Wildman–Crippen MR) is 105 cm³/mol. The lowest BCUT2D eigenvalue weighted by Crippen LogP contribution is -2.33. The molecule has 0 aromatic heterocycles. The van der Waals surface area contributed by atoms with Gasteiger partial charge in [-0.2, -0.15) is 0 Å². The number of aliphatic carboxylic acids is 1. The molecule has 2 nitrogen and oxygen atoms in total. The minimum Gasteiger partial charge on any atom is -0.478 e. The van der Waals surface area contributed by atoms with Crippen LogP contribution >= 0.6 is 0 Å². The highest BCUT2D eigenvalue weighted by molar-refractivity contribution is 6.84. The Kier molecular flexibility index (Phi) is 13.5. The Morgan fingerprint density at radius 2 is 1.22 bits per heavy atom. The molecule has 0 spiro atoms. The van der Waals surface area contributed by atoms with Crippen LogP contribution in [-0.4, -0.2) is 19.1 Å². The zero-order valence-corrected chi connectivity index (χ0v) is 17.1. The number of carbonyl (C=O) groups is 1. The van der Waals surface area contributed by atoms with Crippen molar-refractivity contribution < 1.29 is 9.90 Å². The van der Waals surface area contributed by atoms with Gasteiger partial charge >= 0.3 is 5.97 Å². The van der Waals surface area contributed by atoms with Gasteiger partial charge in [-0.25, -0.2) is 4.79 Å². The maximum atomic E-state index is 11.3. The molecule has 0 aromatic rings. The van der Waals surface area contributed by atoms with Crippen LogP contribution in [0.3, 0.4) is 0 Å². The van der Waals surface area contributed by atoms with Gasteiger partial charge in [0.2, 0.25) is 0 Å². The molecule has 1 N–H and O–H groups in total. The summed E-state index contributed by atoms with van der Waals surface area (Å²) in [5, 5.41) is 9.32. The lowest BCUT2D eigenvalue weighted by molar-refractivity contribution is -0.132. The Balaban J connectivity index is 4.83. The fourth-order valence-corrected chi connectivity index (χ4v) is 8.72. The van der Waals surface area contributed by atoms with Gasteiger partial charge in [-0.05, 0) is 6.92 Å². The van der Waals surface area contributed by atoms with Gasteiger partial charge in [-0.3, -0.25) is 0 Å². The molecule has 0 aliphatic rings. The van der Waals surface area contributed by atoms with E-state index >= 15 is 0 Å². The number of unbranched alkanes of at least 4 members (excludes halogenated alkanes) is 7. The summed E-state index contributed by atoms with van der Waals surface area (Å²) in [7, 11) is -1.57. The highest BCUT2D eigenvalue weighted by atomic mass is 28.3. The fraction of sp³-hybridized carbons (Fsp3) is 0.850. The highest BCUT2D eigenvalue weighted by Crippen LogP contribution is 2.31. The summed E-state index contributed by atoms with van der Waals surface area (Å²) in [6.45, 7) is 8.55. The van der Waals surface area contributed by atoms with Gasteiger partial charge in [0, 0.05) is 5.57 Å². The van der Waals surface area contributed by atoms with E-state index < -0.39 is 14.0 Å². The first kappa shape index (κ1) is 22.4. The molecule has 0 rings (SSSR count). The van der Waals surface area contributed by atoms with E-state index in [1.165, 1.54) is 82.3 Å². The number of rotatable bonds is 15. The summed E-state index contributed by atoms with van der Waals surface area (Å²) < 4.78 is 0. The third-order valence-electron chi connectivity index (χ3n) is 4.94. The van der Waals surface area contributed by atoms with E-state index in [0.717, 1.165) is 0 Å². The second kappa shape index (κ2) is 13.8. The Hall–Kier alpha value is -0.573. The van der Waals surface area contributed by atoms with Crippen molar-refractivity contribution in [3.05, 3.63) is 11.3 Å². The summed E-state index contributed by atoms with van der Waals surface area (Å²) in [5.74, 6) is -0.724. The van der Waals surface area contributed by atoms with E-state index in [-0.39, 0.29) is 0 Å². The zero-order valence-electron chi connectivity index (χ0n) is 16.1. The number of hydrogen-bond acceptors (Lipinski definition) is 1. The fourth-order valence-electron chi connectivity index (χ4n) is 3.43. The van der Waals surface area contributed by atoms with E-state index in [9.17, 15) is 9.90 Å². The van der Waals surface area contributed by atoms with Crippen molar-refractivity contribution in [3.8, 4) is 0 Å². The average molecular weight is 341 g/mol. The molecular formula is C20H40O2Si. The van der Waals surface area contributed by atoms with Crippen LogP contribution in [0.1, 0.15) is 91.9 Å². The number of hydrogen-bond donors (Lipinski definition) is 1. The molecule has 0 atom stereocenters. The SMILES string of the molecule is CCCCCCCC[Si](C=C(C)C(=O)O)(CCCC)CCCC. The lowest BCUT2D eigenvalue weighted by Gasteiger charge is -2.29. The molecule has 3 heteroatoms.